The Labute approximate surface area is 294 Å². The molecule has 5 atom stereocenters. The van der Waals surface area contributed by atoms with Crippen molar-refractivity contribution in [1.29, 1.82) is 0 Å². The SMILES string of the molecule is CC(C)C[C@@H](CN(C)C)N(Cc1cccc(CN2OCC[C@H]2C(=O)NC2C[C@@H]3C[C@H](C2)C3(C)C)c1)Cc1ccccc1Oc1ccccc1. The molecule has 1 aliphatic heterocycles. The van der Waals surface area contributed by atoms with Gasteiger partial charge in [0.15, 0.2) is 0 Å². The minimum absolute atomic E-state index is 0.125. The van der Waals surface area contributed by atoms with Crippen LogP contribution in [0.4, 0.5) is 0 Å². The van der Waals surface area contributed by atoms with Crippen LogP contribution in [0.1, 0.15) is 76.5 Å². The van der Waals surface area contributed by atoms with Crippen LogP contribution in [0.15, 0.2) is 78.9 Å². The van der Waals surface area contributed by atoms with Crippen molar-refractivity contribution in [3.8, 4) is 11.5 Å². The second kappa shape index (κ2) is 15.8. The largest absolute Gasteiger partial charge is 0.457 e. The van der Waals surface area contributed by atoms with E-state index in [1.165, 1.54) is 23.1 Å². The molecule has 7 heteroatoms. The van der Waals surface area contributed by atoms with E-state index in [1.807, 2.05) is 41.5 Å². The second-order valence-corrected chi connectivity index (χ2v) is 16.1. The Balaban J connectivity index is 1.16. The van der Waals surface area contributed by atoms with Crippen molar-refractivity contribution in [2.24, 2.45) is 23.2 Å². The van der Waals surface area contributed by atoms with Gasteiger partial charge in [0.25, 0.3) is 0 Å². The van der Waals surface area contributed by atoms with Crippen molar-refractivity contribution in [2.45, 2.75) is 97.6 Å². The summed E-state index contributed by atoms with van der Waals surface area (Å²) in [5.41, 5.74) is 4.04. The predicted molar refractivity (Wildman–Crippen MR) is 197 cm³/mol. The molecule has 0 spiro atoms. The third-order valence-electron chi connectivity index (χ3n) is 11.3. The number of nitrogens with one attached hydrogen (secondary N) is 1. The summed E-state index contributed by atoms with van der Waals surface area (Å²) < 4.78 is 6.40. The monoisotopic (exact) mass is 666 g/mol. The number of hydrogen-bond donors (Lipinski definition) is 1. The van der Waals surface area contributed by atoms with E-state index in [2.05, 4.69) is 99.4 Å². The summed E-state index contributed by atoms with van der Waals surface area (Å²) in [5, 5.41) is 5.34. The van der Waals surface area contributed by atoms with E-state index in [-0.39, 0.29) is 11.9 Å². The molecule has 0 aromatic heterocycles. The van der Waals surface area contributed by atoms with Gasteiger partial charge in [0.1, 0.15) is 17.5 Å². The average molecular weight is 667 g/mol. The number of amides is 1. The molecule has 7 nitrogen and oxygen atoms in total. The molecule has 3 aromatic carbocycles. The van der Waals surface area contributed by atoms with Gasteiger partial charge in [-0.15, -0.1) is 0 Å². The zero-order valence-electron chi connectivity index (χ0n) is 30.6. The van der Waals surface area contributed by atoms with E-state index < -0.39 is 0 Å². The van der Waals surface area contributed by atoms with E-state index in [9.17, 15) is 4.79 Å². The van der Waals surface area contributed by atoms with Crippen molar-refractivity contribution in [3.63, 3.8) is 0 Å². The molecule has 3 aromatic rings. The molecule has 3 aliphatic carbocycles. The molecule has 264 valence electrons. The highest BCUT2D eigenvalue weighted by molar-refractivity contribution is 5.82. The van der Waals surface area contributed by atoms with Gasteiger partial charge in [-0.25, -0.2) is 0 Å². The van der Waals surface area contributed by atoms with Crippen molar-refractivity contribution in [2.75, 3.05) is 27.2 Å². The molecule has 1 amide bonds. The van der Waals surface area contributed by atoms with Crippen LogP contribution in [0.5, 0.6) is 11.5 Å². The van der Waals surface area contributed by atoms with Crippen LogP contribution in [0.2, 0.25) is 0 Å². The Bertz CT molecular complexity index is 1500. The number of hydroxylamine groups is 2. The minimum atomic E-state index is -0.247. The molecule has 1 saturated heterocycles. The van der Waals surface area contributed by atoms with Crippen LogP contribution >= 0.6 is 0 Å². The van der Waals surface area contributed by atoms with Gasteiger partial charge in [0, 0.05) is 43.8 Å². The van der Waals surface area contributed by atoms with E-state index in [0.29, 0.717) is 36.6 Å². The van der Waals surface area contributed by atoms with Crippen molar-refractivity contribution in [3.05, 3.63) is 95.6 Å². The number of carbonyl (C=O) groups is 1. The third kappa shape index (κ3) is 8.93. The van der Waals surface area contributed by atoms with Crippen molar-refractivity contribution < 1.29 is 14.4 Å². The van der Waals surface area contributed by atoms with Crippen LogP contribution < -0.4 is 10.1 Å². The number of carbonyl (C=O) groups excluding carboxylic acids is 1. The first-order valence-corrected chi connectivity index (χ1v) is 18.5. The first-order chi connectivity index (χ1) is 23.5. The summed E-state index contributed by atoms with van der Waals surface area (Å²) in [7, 11) is 4.33. The van der Waals surface area contributed by atoms with Gasteiger partial charge >= 0.3 is 0 Å². The number of nitrogens with zero attached hydrogens (tertiary/aromatic N) is 3. The molecule has 49 heavy (non-hydrogen) atoms. The number of fused-ring (bicyclic) bond motifs is 2. The van der Waals surface area contributed by atoms with E-state index >= 15 is 0 Å². The number of para-hydroxylation sites is 2. The first kappa shape index (κ1) is 35.6. The van der Waals surface area contributed by atoms with Gasteiger partial charge in [0.2, 0.25) is 5.91 Å². The fourth-order valence-electron chi connectivity index (χ4n) is 8.48. The van der Waals surface area contributed by atoms with Gasteiger partial charge < -0.3 is 15.0 Å². The zero-order valence-corrected chi connectivity index (χ0v) is 30.6. The average Bonchev–Trinajstić information content (AvgIpc) is 3.53. The normalized spacial score (nSPS) is 23.9. The molecule has 1 N–H and O–H groups in total. The Hall–Kier alpha value is -3.23. The Morgan fingerprint density at radius 2 is 1.65 bits per heavy atom. The van der Waals surface area contributed by atoms with Gasteiger partial charge in [-0.3, -0.25) is 14.5 Å². The molecule has 3 saturated carbocycles. The topological polar surface area (TPSA) is 57.3 Å². The summed E-state index contributed by atoms with van der Waals surface area (Å²) in [6.45, 7) is 13.2. The van der Waals surface area contributed by atoms with Crippen LogP contribution in [-0.2, 0) is 29.3 Å². The third-order valence-corrected chi connectivity index (χ3v) is 11.3. The molecule has 0 radical (unpaired) electrons. The second-order valence-electron chi connectivity index (χ2n) is 16.1. The highest BCUT2D eigenvalue weighted by Gasteiger charge is 2.53. The molecule has 4 fully saturated rings. The van der Waals surface area contributed by atoms with Gasteiger partial charge in [-0.05, 0) is 98.7 Å². The van der Waals surface area contributed by atoms with E-state index in [1.54, 1.807) is 0 Å². The number of hydrogen-bond acceptors (Lipinski definition) is 6. The van der Waals surface area contributed by atoms with Crippen molar-refractivity contribution >= 4 is 5.91 Å². The molecule has 4 aliphatic rings. The number of ether oxygens (including phenoxy) is 1. The lowest BCUT2D eigenvalue weighted by atomic mass is 9.48. The number of benzene rings is 3. The predicted octanol–water partition coefficient (Wildman–Crippen LogP) is 7.90. The summed E-state index contributed by atoms with van der Waals surface area (Å²) in [6.07, 6.45) is 5.37. The smallest absolute Gasteiger partial charge is 0.240 e. The zero-order chi connectivity index (χ0) is 34.5. The Kier molecular flexibility index (Phi) is 11.4. The van der Waals surface area contributed by atoms with Crippen LogP contribution in [0, 0.1) is 23.2 Å². The highest BCUT2D eigenvalue weighted by atomic mass is 16.7. The van der Waals surface area contributed by atoms with E-state index in [4.69, 9.17) is 9.57 Å². The fourth-order valence-corrected chi connectivity index (χ4v) is 8.48. The molecule has 7 rings (SSSR count). The standard InChI is InChI=1S/C42H58N4O3/c1-30(2)21-37(29-44(5)6)45(28-33-15-10-11-18-40(33)49-38-16-8-7-9-17-38)26-31-13-12-14-32(22-31)27-46-39(19-20-48-46)41(47)43-36-24-34-23-35(25-36)42(34,3)4/h7-18,22,30,34-37,39H,19-21,23-29H2,1-6H3,(H,43,47)/t34-,35+,36?,37-,39-/m0/s1. The maximum atomic E-state index is 13.5. The first-order valence-electron chi connectivity index (χ1n) is 18.5. The summed E-state index contributed by atoms with van der Waals surface area (Å²) in [4.78, 5) is 24.5. The maximum Gasteiger partial charge on any atom is 0.240 e. The lowest BCUT2D eigenvalue weighted by Crippen LogP contribution is -2.57. The quantitative estimate of drug-likeness (QED) is 0.178. The summed E-state index contributed by atoms with van der Waals surface area (Å²) in [6, 6.07) is 27.7. The number of likely N-dealkylation sites (N-methyl/N-ethyl adjacent to an activating group) is 1. The fraction of sp³-hybridized carbons (Fsp3) is 0.548. The molecular weight excluding hydrogens is 608 g/mol. The molecule has 1 unspecified atom stereocenters. The highest BCUT2D eigenvalue weighted by Crippen LogP contribution is 2.59. The Morgan fingerprint density at radius 1 is 0.939 bits per heavy atom. The summed E-state index contributed by atoms with van der Waals surface area (Å²) in [5.74, 6) is 3.90. The van der Waals surface area contributed by atoms with E-state index in [0.717, 1.165) is 68.7 Å². The Morgan fingerprint density at radius 3 is 2.37 bits per heavy atom. The van der Waals surface area contributed by atoms with Crippen LogP contribution in [0.3, 0.4) is 0 Å². The molecule has 1 heterocycles. The lowest BCUT2D eigenvalue weighted by Gasteiger charge is -2.59. The lowest BCUT2D eigenvalue weighted by molar-refractivity contribution is -0.159. The van der Waals surface area contributed by atoms with Gasteiger partial charge in [-0.2, -0.15) is 5.06 Å². The van der Waals surface area contributed by atoms with Crippen molar-refractivity contribution in [1.82, 2.24) is 20.2 Å². The minimum Gasteiger partial charge on any atom is -0.457 e. The number of rotatable bonds is 15. The van der Waals surface area contributed by atoms with Crippen LogP contribution in [-0.4, -0.2) is 66.1 Å². The molecular formula is C42H58N4O3. The van der Waals surface area contributed by atoms with Gasteiger partial charge in [-0.1, -0.05) is 88.4 Å². The summed E-state index contributed by atoms with van der Waals surface area (Å²) >= 11 is 0. The maximum absolute atomic E-state index is 13.5. The van der Waals surface area contributed by atoms with Crippen LogP contribution in [0.25, 0.3) is 0 Å². The van der Waals surface area contributed by atoms with Gasteiger partial charge in [0.05, 0.1) is 6.61 Å². The molecule has 2 bridgehead atoms.